The van der Waals surface area contributed by atoms with Crippen LogP contribution in [0.2, 0.25) is 0 Å². The van der Waals surface area contributed by atoms with E-state index in [0.717, 1.165) is 36.6 Å². The Morgan fingerprint density at radius 1 is 1.04 bits per heavy atom. The molecule has 1 atom stereocenters. The second-order valence-electron chi connectivity index (χ2n) is 7.15. The largest absolute Gasteiger partial charge is 0.493 e. The fourth-order valence-corrected chi connectivity index (χ4v) is 2.89. The molecular formula is C24H31NOS. The number of thiocarbonyl (C=S) groups is 1. The van der Waals surface area contributed by atoms with Crippen LogP contribution in [0.1, 0.15) is 40.0 Å². The SMILES string of the molecule is CC(C)C(C)NC(=S)C=CC=CCCCCOc1cccc2ccccc12. The topological polar surface area (TPSA) is 21.3 Å². The first-order valence-corrected chi connectivity index (χ1v) is 10.2. The number of rotatable bonds is 10. The molecule has 27 heavy (non-hydrogen) atoms. The number of fused-ring (bicyclic) bond motifs is 1. The van der Waals surface area contributed by atoms with E-state index in [-0.39, 0.29) is 0 Å². The maximum absolute atomic E-state index is 5.97. The first kappa shape index (κ1) is 21.2. The molecule has 3 heteroatoms. The van der Waals surface area contributed by atoms with Gasteiger partial charge in [0, 0.05) is 11.4 Å². The van der Waals surface area contributed by atoms with Crippen molar-refractivity contribution < 1.29 is 4.74 Å². The smallest absolute Gasteiger partial charge is 0.127 e. The Hall–Kier alpha value is -2.13. The molecule has 0 aliphatic rings. The Bertz CT molecular complexity index is 774. The lowest BCUT2D eigenvalue weighted by Gasteiger charge is -2.17. The standard InChI is InChI=1S/C24H31NOS/c1-19(2)20(3)25-24(27)17-8-6-4-5-7-11-18-26-23-16-12-14-21-13-9-10-15-22(21)23/h4,6,8-10,12-17,19-20H,5,7,11,18H2,1-3H3,(H,25,27). The summed E-state index contributed by atoms with van der Waals surface area (Å²) in [6.45, 7) is 7.28. The molecule has 0 aliphatic heterocycles. The molecule has 1 unspecified atom stereocenters. The summed E-state index contributed by atoms with van der Waals surface area (Å²) in [4.78, 5) is 0.796. The average molecular weight is 382 g/mol. The van der Waals surface area contributed by atoms with Gasteiger partial charge < -0.3 is 10.1 Å². The van der Waals surface area contributed by atoms with E-state index < -0.39 is 0 Å². The summed E-state index contributed by atoms with van der Waals surface area (Å²) in [5, 5.41) is 5.72. The van der Waals surface area contributed by atoms with Crippen molar-refractivity contribution in [3.63, 3.8) is 0 Å². The second kappa shape index (κ2) is 11.6. The van der Waals surface area contributed by atoms with E-state index in [1.54, 1.807) is 0 Å². The number of hydrogen-bond acceptors (Lipinski definition) is 2. The van der Waals surface area contributed by atoms with Crippen molar-refractivity contribution in [1.29, 1.82) is 0 Å². The van der Waals surface area contributed by atoms with Crippen LogP contribution in [0, 0.1) is 5.92 Å². The molecule has 0 fully saturated rings. The molecule has 0 bridgehead atoms. The Kier molecular flexibility index (Phi) is 9.06. The highest BCUT2D eigenvalue weighted by molar-refractivity contribution is 7.80. The van der Waals surface area contributed by atoms with Gasteiger partial charge in [-0.3, -0.25) is 0 Å². The van der Waals surface area contributed by atoms with Gasteiger partial charge in [0.25, 0.3) is 0 Å². The summed E-state index contributed by atoms with van der Waals surface area (Å²) < 4.78 is 5.97. The number of nitrogens with one attached hydrogen (secondary N) is 1. The summed E-state index contributed by atoms with van der Waals surface area (Å²) in [7, 11) is 0. The molecule has 0 heterocycles. The van der Waals surface area contributed by atoms with E-state index in [4.69, 9.17) is 17.0 Å². The molecular weight excluding hydrogens is 350 g/mol. The molecule has 0 saturated carbocycles. The minimum Gasteiger partial charge on any atom is -0.493 e. The van der Waals surface area contributed by atoms with Gasteiger partial charge in [0.1, 0.15) is 5.75 Å². The van der Waals surface area contributed by atoms with Crippen LogP contribution in [0.15, 0.2) is 66.8 Å². The lowest BCUT2D eigenvalue weighted by molar-refractivity contribution is 0.311. The van der Waals surface area contributed by atoms with Gasteiger partial charge >= 0.3 is 0 Å². The molecule has 2 aromatic carbocycles. The zero-order valence-electron chi connectivity index (χ0n) is 16.7. The monoisotopic (exact) mass is 381 g/mol. The summed E-state index contributed by atoms with van der Waals surface area (Å²) in [5.74, 6) is 1.55. The minimum absolute atomic E-state index is 0.396. The fourth-order valence-electron chi connectivity index (χ4n) is 2.62. The van der Waals surface area contributed by atoms with Crippen molar-refractivity contribution >= 4 is 28.0 Å². The number of hydrogen-bond donors (Lipinski definition) is 1. The predicted octanol–water partition coefficient (Wildman–Crippen LogP) is 6.46. The number of ether oxygens (including phenoxy) is 1. The zero-order chi connectivity index (χ0) is 19.5. The molecule has 0 radical (unpaired) electrons. The van der Waals surface area contributed by atoms with Gasteiger partial charge in [0.05, 0.1) is 11.6 Å². The van der Waals surface area contributed by atoms with Crippen molar-refractivity contribution in [3.05, 3.63) is 66.8 Å². The minimum atomic E-state index is 0.396. The second-order valence-corrected chi connectivity index (χ2v) is 7.59. The lowest BCUT2D eigenvalue weighted by atomic mass is 10.1. The van der Waals surface area contributed by atoms with Gasteiger partial charge in [-0.15, -0.1) is 0 Å². The van der Waals surface area contributed by atoms with E-state index in [1.165, 1.54) is 10.8 Å². The van der Waals surface area contributed by atoms with E-state index in [2.05, 4.69) is 68.6 Å². The van der Waals surface area contributed by atoms with Crippen molar-refractivity contribution in [2.75, 3.05) is 6.61 Å². The molecule has 144 valence electrons. The van der Waals surface area contributed by atoms with Gasteiger partial charge in [-0.25, -0.2) is 0 Å². The first-order valence-electron chi connectivity index (χ1n) is 9.82. The average Bonchev–Trinajstić information content (AvgIpc) is 2.66. The fraction of sp³-hybridized carbons (Fsp3) is 0.375. The molecule has 0 spiro atoms. The van der Waals surface area contributed by atoms with Crippen LogP contribution in [0.4, 0.5) is 0 Å². The van der Waals surface area contributed by atoms with Gasteiger partial charge in [-0.1, -0.05) is 80.7 Å². The Morgan fingerprint density at radius 3 is 2.63 bits per heavy atom. The predicted molar refractivity (Wildman–Crippen MR) is 122 cm³/mol. The normalized spacial score (nSPS) is 12.9. The summed E-state index contributed by atoms with van der Waals surface area (Å²) in [6, 6.07) is 14.9. The zero-order valence-corrected chi connectivity index (χ0v) is 17.5. The molecule has 0 aromatic heterocycles. The Morgan fingerprint density at radius 2 is 1.81 bits per heavy atom. The third kappa shape index (κ3) is 7.56. The van der Waals surface area contributed by atoms with Crippen molar-refractivity contribution in [1.82, 2.24) is 5.32 Å². The first-order chi connectivity index (χ1) is 13.1. The molecule has 1 N–H and O–H groups in total. The van der Waals surface area contributed by atoms with Gasteiger partial charge in [0.15, 0.2) is 0 Å². The summed E-state index contributed by atoms with van der Waals surface area (Å²) in [5.41, 5.74) is 0. The molecule has 2 aromatic rings. The summed E-state index contributed by atoms with van der Waals surface area (Å²) >= 11 is 5.32. The van der Waals surface area contributed by atoms with Gasteiger partial charge in [-0.2, -0.15) is 0 Å². The third-order valence-electron chi connectivity index (χ3n) is 4.64. The molecule has 0 aliphatic carbocycles. The number of allylic oxidation sites excluding steroid dienone is 3. The summed E-state index contributed by atoms with van der Waals surface area (Å²) in [6.07, 6.45) is 11.4. The third-order valence-corrected chi connectivity index (χ3v) is 4.89. The van der Waals surface area contributed by atoms with Crippen LogP contribution in [-0.2, 0) is 0 Å². The van der Waals surface area contributed by atoms with Crippen molar-refractivity contribution in [2.24, 2.45) is 5.92 Å². The van der Waals surface area contributed by atoms with Crippen molar-refractivity contribution in [2.45, 2.75) is 46.1 Å². The maximum atomic E-state index is 5.97. The molecule has 2 nitrogen and oxygen atoms in total. The molecule has 0 saturated heterocycles. The maximum Gasteiger partial charge on any atom is 0.127 e. The Labute approximate surface area is 169 Å². The number of unbranched alkanes of at least 4 members (excludes halogenated alkanes) is 2. The van der Waals surface area contributed by atoms with Crippen LogP contribution in [0.25, 0.3) is 10.8 Å². The van der Waals surface area contributed by atoms with E-state index in [9.17, 15) is 0 Å². The highest BCUT2D eigenvalue weighted by Crippen LogP contribution is 2.25. The van der Waals surface area contributed by atoms with Crippen molar-refractivity contribution in [3.8, 4) is 5.75 Å². The highest BCUT2D eigenvalue weighted by atomic mass is 32.1. The van der Waals surface area contributed by atoms with Crippen LogP contribution >= 0.6 is 12.2 Å². The van der Waals surface area contributed by atoms with Crippen LogP contribution in [-0.4, -0.2) is 17.6 Å². The van der Waals surface area contributed by atoms with E-state index in [1.807, 2.05) is 24.3 Å². The van der Waals surface area contributed by atoms with Crippen LogP contribution in [0.3, 0.4) is 0 Å². The van der Waals surface area contributed by atoms with Gasteiger partial charge in [-0.05, 0) is 49.6 Å². The van der Waals surface area contributed by atoms with Gasteiger partial charge in [0.2, 0.25) is 0 Å². The van der Waals surface area contributed by atoms with Crippen LogP contribution in [0.5, 0.6) is 5.75 Å². The Balaban J connectivity index is 1.62. The number of benzene rings is 2. The highest BCUT2D eigenvalue weighted by Gasteiger charge is 2.05. The lowest BCUT2D eigenvalue weighted by Crippen LogP contribution is -2.33. The van der Waals surface area contributed by atoms with Crippen LogP contribution < -0.4 is 10.1 Å². The molecule has 2 rings (SSSR count). The quantitative estimate of drug-likeness (QED) is 0.221. The van der Waals surface area contributed by atoms with E-state index in [0.29, 0.717) is 12.0 Å². The molecule has 0 amide bonds. The van der Waals surface area contributed by atoms with E-state index >= 15 is 0 Å².